The second-order valence-corrected chi connectivity index (χ2v) is 6.51. The molecule has 1 fully saturated rings. The molecule has 0 atom stereocenters. The van der Waals surface area contributed by atoms with Gasteiger partial charge in [-0.1, -0.05) is 0 Å². The minimum absolute atomic E-state index is 0.157. The van der Waals surface area contributed by atoms with Crippen LogP contribution in [0.15, 0.2) is 12.4 Å². The lowest BCUT2D eigenvalue weighted by Crippen LogP contribution is -2.33. The van der Waals surface area contributed by atoms with E-state index in [1.165, 1.54) is 12.8 Å². The van der Waals surface area contributed by atoms with Gasteiger partial charge in [-0.15, -0.1) is 0 Å². The number of rotatable bonds is 9. The lowest BCUT2D eigenvalue weighted by Gasteiger charge is -2.06. The fourth-order valence-corrected chi connectivity index (χ4v) is 2.66. The van der Waals surface area contributed by atoms with E-state index in [0.29, 0.717) is 19.1 Å². The highest BCUT2D eigenvalue weighted by Crippen LogP contribution is 2.17. The Hall–Kier alpha value is -0.920. The molecule has 0 unspecified atom stereocenters. The van der Waals surface area contributed by atoms with E-state index < -0.39 is 10.0 Å². The summed E-state index contributed by atoms with van der Waals surface area (Å²) in [5, 5.41) is 3.19. The third kappa shape index (κ3) is 5.16. The Morgan fingerprint density at radius 1 is 1.39 bits per heavy atom. The van der Waals surface area contributed by atoms with Crippen molar-refractivity contribution >= 4 is 10.0 Å². The minimum atomic E-state index is -3.13. The largest absolute Gasteiger partial charge is 0.349 e. The molecule has 3 N–H and O–H groups in total. The van der Waals surface area contributed by atoms with Gasteiger partial charge in [0.15, 0.2) is 0 Å². The van der Waals surface area contributed by atoms with Crippen LogP contribution in [-0.4, -0.2) is 43.3 Å². The zero-order chi connectivity index (χ0) is 12.8. The van der Waals surface area contributed by atoms with Crippen molar-refractivity contribution in [2.75, 3.05) is 18.8 Å². The first-order valence-corrected chi connectivity index (χ1v) is 8.00. The molecule has 0 aromatic carbocycles. The summed E-state index contributed by atoms with van der Waals surface area (Å²) in [4.78, 5) is 7.07. The highest BCUT2D eigenvalue weighted by atomic mass is 32.2. The van der Waals surface area contributed by atoms with Gasteiger partial charge in [-0.25, -0.2) is 18.1 Å². The summed E-state index contributed by atoms with van der Waals surface area (Å²) < 4.78 is 25.8. The topological polar surface area (TPSA) is 86.9 Å². The lowest BCUT2D eigenvalue weighted by molar-refractivity contribution is 0.573. The number of nitrogens with one attached hydrogen (secondary N) is 3. The average molecular weight is 272 g/mol. The number of nitrogens with zero attached hydrogens (tertiary/aromatic N) is 1. The maximum atomic E-state index is 11.6. The fraction of sp³-hybridized carbons (Fsp3) is 0.727. The van der Waals surface area contributed by atoms with Crippen LogP contribution in [0, 0.1) is 0 Å². The summed E-state index contributed by atoms with van der Waals surface area (Å²) in [6.07, 6.45) is 7.33. The maximum Gasteiger partial charge on any atom is 0.212 e. The molecule has 0 saturated heterocycles. The van der Waals surface area contributed by atoms with Crippen LogP contribution in [0.25, 0.3) is 0 Å². The standard InChI is InChI=1S/C11H20N4O2S/c16-18(17,9-8-12-10-3-4-10)15-5-1-2-11-13-6-7-14-11/h6-7,10,12,15H,1-5,8-9H2,(H,13,14). The van der Waals surface area contributed by atoms with Gasteiger partial charge in [0.25, 0.3) is 0 Å². The van der Waals surface area contributed by atoms with Gasteiger partial charge in [0.1, 0.15) is 5.82 Å². The Bertz CT molecular complexity index is 440. The number of hydrogen-bond donors (Lipinski definition) is 3. The molecule has 1 aromatic rings. The molecule has 6 nitrogen and oxygen atoms in total. The Morgan fingerprint density at radius 2 is 2.22 bits per heavy atom. The second kappa shape index (κ2) is 6.31. The third-order valence-corrected chi connectivity index (χ3v) is 4.23. The Labute approximate surface area is 108 Å². The maximum absolute atomic E-state index is 11.6. The molecule has 0 radical (unpaired) electrons. The molecule has 0 spiro atoms. The highest BCUT2D eigenvalue weighted by molar-refractivity contribution is 7.89. The van der Waals surface area contributed by atoms with E-state index in [2.05, 4.69) is 20.0 Å². The van der Waals surface area contributed by atoms with Gasteiger partial charge >= 0.3 is 0 Å². The normalized spacial score (nSPS) is 16.0. The van der Waals surface area contributed by atoms with Crippen molar-refractivity contribution in [3.63, 3.8) is 0 Å². The molecule has 1 aliphatic rings. The monoisotopic (exact) mass is 272 g/mol. The van der Waals surface area contributed by atoms with E-state index in [-0.39, 0.29) is 5.75 Å². The van der Waals surface area contributed by atoms with Gasteiger partial charge in [-0.05, 0) is 19.3 Å². The van der Waals surface area contributed by atoms with Crippen molar-refractivity contribution in [2.24, 2.45) is 0 Å². The minimum Gasteiger partial charge on any atom is -0.349 e. The van der Waals surface area contributed by atoms with Gasteiger partial charge in [-0.2, -0.15) is 0 Å². The summed E-state index contributed by atoms with van der Waals surface area (Å²) in [7, 11) is -3.13. The molecule has 1 saturated carbocycles. The van der Waals surface area contributed by atoms with Gasteiger partial charge in [-0.3, -0.25) is 0 Å². The molecule has 1 heterocycles. The molecule has 0 bridgehead atoms. The highest BCUT2D eigenvalue weighted by Gasteiger charge is 2.20. The smallest absolute Gasteiger partial charge is 0.212 e. The van der Waals surface area contributed by atoms with E-state index in [9.17, 15) is 8.42 Å². The zero-order valence-corrected chi connectivity index (χ0v) is 11.2. The van der Waals surface area contributed by atoms with E-state index in [0.717, 1.165) is 18.7 Å². The first-order valence-electron chi connectivity index (χ1n) is 6.35. The molecular weight excluding hydrogens is 252 g/mol. The number of aromatic nitrogens is 2. The molecule has 102 valence electrons. The van der Waals surface area contributed by atoms with Crippen LogP contribution >= 0.6 is 0 Å². The van der Waals surface area contributed by atoms with Crippen LogP contribution < -0.4 is 10.0 Å². The predicted octanol–water partition coefficient (Wildman–Crippen LogP) is 0.0137. The SMILES string of the molecule is O=S(=O)(CCNC1CC1)NCCCc1ncc[nH]1. The fourth-order valence-electron chi connectivity index (χ4n) is 1.68. The summed E-state index contributed by atoms with van der Waals surface area (Å²) in [6, 6.07) is 0.555. The summed E-state index contributed by atoms with van der Waals surface area (Å²) in [5.74, 6) is 1.05. The number of hydrogen-bond acceptors (Lipinski definition) is 4. The van der Waals surface area contributed by atoms with Gasteiger partial charge in [0.05, 0.1) is 5.75 Å². The predicted molar refractivity (Wildman–Crippen MR) is 69.7 cm³/mol. The van der Waals surface area contributed by atoms with Crippen LogP contribution in [0.1, 0.15) is 25.1 Å². The Balaban J connectivity index is 1.56. The molecule has 1 aliphatic carbocycles. The van der Waals surface area contributed by atoms with Crippen LogP contribution in [0.2, 0.25) is 0 Å². The van der Waals surface area contributed by atoms with E-state index in [4.69, 9.17) is 0 Å². The Kier molecular flexibility index (Phi) is 4.73. The first-order chi connectivity index (χ1) is 8.66. The molecule has 18 heavy (non-hydrogen) atoms. The van der Waals surface area contributed by atoms with Gasteiger partial charge in [0, 0.05) is 37.9 Å². The zero-order valence-electron chi connectivity index (χ0n) is 10.4. The van der Waals surface area contributed by atoms with Crippen LogP contribution in [0.3, 0.4) is 0 Å². The van der Waals surface area contributed by atoms with Crippen molar-refractivity contribution in [1.29, 1.82) is 0 Å². The molecule has 0 aliphatic heterocycles. The average Bonchev–Trinajstić information content (AvgIpc) is 2.99. The number of imidazole rings is 1. The summed E-state index contributed by atoms with van der Waals surface area (Å²) in [5.41, 5.74) is 0. The van der Waals surface area contributed by atoms with E-state index in [1.807, 2.05) is 0 Å². The summed E-state index contributed by atoms with van der Waals surface area (Å²) >= 11 is 0. The van der Waals surface area contributed by atoms with Gasteiger partial charge < -0.3 is 10.3 Å². The van der Waals surface area contributed by atoms with Crippen molar-refractivity contribution < 1.29 is 8.42 Å². The molecular formula is C11H20N4O2S. The molecule has 7 heteroatoms. The molecule has 1 aromatic heterocycles. The van der Waals surface area contributed by atoms with E-state index >= 15 is 0 Å². The van der Waals surface area contributed by atoms with Crippen molar-refractivity contribution in [2.45, 2.75) is 31.7 Å². The summed E-state index contributed by atoms with van der Waals surface area (Å²) in [6.45, 7) is 1.00. The molecule has 2 rings (SSSR count). The molecule has 0 amide bonds. The van der Waals surface area contributed by atoms with Crippen molar-refractivity contribution in [1.82, 2.24) is 20.0 Å². The van der Waals surface area contributed by atoms with E-state index in [1.54, 1.807) is 12.4 Å². The Morgan fingerprint density at radius 3 is 2.89 bits per heavy atom. The van der Waals surface area contributed by atoms with Crippen LogP contribution in [-0.2, 0) is 16.4 Å². The number of aryl methyl sites for hydroxylation is 1. The van der Waals surface area contributed by atoms with Gasteiger partial charge in [0.2, 0.25) is 10.0 Å². The third-order valence-electron chi connectivity index (χ3n) is 2.85. The number of H-pyrrole nitrogens is 1. The van der Waals surface area contributed by atoms with Crippen LogP contribution in [0.5, 0.6) is 0 Å². The second-order valence-electron chi connectivity index (χ2n) is 4.58. The van der Waals surface area contributed by atoms with Crippen LogP contribution in [0.4, 0.5) is 0 Å². The number of aromatic amines is 1. The quantitative estimate of drug-likeness (QED) is 0.553. The number of sulfonamides is 1. The first kappa shape index (κ1) is 13.5. The van der Waals surface area contributed by atoms with Crippen molar-refractivity contribution in [3.05, 3.63) is 18.2 Å². The lowest BCUT2D eigenvalue weighted by atomic mass is 10.3. The van der Waals surface area contributed by atoms with Crippen molar-refractivity contribution in [3.8, 4) is 0 Å².